The molecule has 0 bridgehead atoms. The van der Waals surface area contributed by atoms with Crippen LogP contribution in [0, 0.1) is 0 Å². The Morgan fingerprint density at radius 2 is 2.53 bits per heavy atom. The van der Waals surface area contributed by atoms with E-state index in [-0.39, 0.29) is 17.3 Å². The second-order valence-electron chi connectivity index (χ2n) is 3.55. The first kappa shape index (κ1) is 12.7. The Kier molecular flexibility index (Phi) is 4.84. The summed E-state index contributed by atoms with van der Waals surface area (Å²) in [5, 5.41) is -0.117. The summed E-state index contributed by atoms with van der Waals surface area (Å²) >= 11 is 2.08. The Bertz CT molecular complexity index is 348. The summed E-state index contributed by atoms with van der Waals surface area (Å²) < 4.78 is 19.1. The van der Waals surface area contributed by atoms with Gasteiger partial charge in [0.15, 0.2) is 0 Å². The molecule has 4 atom stereocenters. The average Bonchev–Trinajstić information content (AvgIpc) is 2.44. The van der Waals surface area contributed by atoms with Crippen molar-refractivity contribution >= 4 is 49.5 Å². The molecule has 15 heavy (non-hydrogen) atoms. The first-order valence-electron chi connectivity index (χ1n) is 5.12. The minimum Gasteiger partial charge on any atom is -0.435 e. The standard InChI is InChI=1S/C8H17IO3P2S/c1-3-6-4-7(15(9,13)14)8(12-6)11-5(2)10/h6-8,13,15H,3-4,14H2,1-2H3/t6-,7?,8+/m1/s1/i15T. The van der Waals surface area contributed by atoms with Gasteiger partial charge in [-0.3, -0.25) is 4.79 Å². The van der Waals surface area contributed by atoms with Gasteiger partial charge >= 0.3 is 5.97 Å². The molecular weight excluding hydrogens is 365 g/mol. The lowest BCUT2D eigenvalue weighted by molar-refractivity contribution is -0.172. The quantitative estimate of drug-likeness (QED) is 0.352. The average molecular weight is 384 g/mol. The van der Waals surface area contributed by atoms with Crippen molar-refractivity contribution in [1.82, 2.24) is 0 Å². The van der Waals surface area contributed by atoms with Gasteiger partial charge in [-0.15, -0.1) is 0 Å². The molecule has 1 fully saturated rings. The smallest absolute Gasteiger partial charge is 0.304 e. The van der Waals surface area contributed by atoms with Crippen LogP contribution >= 0.6 is 37.7 Å². The summed E-state index contributed by atoms with van der Waals surface area (Å²) in [6, 6.07) is 0. The fourth-order valence-electron chi connectivity index (χ4n) is 1.53. The van der Waals surface area contributed by atoms with Crippen molar-refractivity contribution in [2.24, 2.45) is 0 Å². The first-order chi connectivity index (χ1) is 7.10. The predicted octanol–water partition coefficient (Wildman–Crippen LogP) is 2.53. The highest BCUT2D eigenvalue weighted by Crippen LogP contribution is 2.43. The number of thiol groups is 1. The van der Waals surface area contributed by atoms with Crippen LogP contribution in [0.2, 0.25) is 0 Å². The Labute approximate surface area is 109 Å². The minimum absolute atomic E-state index is 0.0712. The van der Waals surface area contributed by atoms with Crippen molar-refractivity contribution in [3.8, 4) is 0 Å². The maximum Gasteiger partial charge on any atom is 0.304 e. The summed E-state index contributed by atoms with van der Waals surface area (Å²) in [5.74, 6) is -2.95. The molecule has 0 aliphatic carbocycles. The monoisotopic (exact) mass is 384 g/mol. The zero-order valence-electron chi connectivity index (χ0n) is 9.73. The lowest BCUT2D eigenvalue weighted by Gasteiger charge is -2.26. The van der Waals surface area contributed by atoms with Crippen LogP contribution in [0.15, 0.2) is 0 Å². The highest BCUT2D eigenvalue weighted by Gasteiger charge is 2.39. The molecule has 1 saturated heterocycles. The summed E-state index contributed by atoms with van der Waals surface area (Å²) in [4.78, 5) is 11.0. The van der Waals surface area contributed by atoms with E-state index < -0.39 is 12.2 Å². The third-order valence-electron chi connectivity index (χ3n) is 2.30. The van der Waals surface area contributed by atoms with E-state index in [1.165, 1.54) is 6.92 Å². The lowest BCUT2D eigenvalue weighted by atomic mass is 10.2. The molecule has 1 heterocycles. The minimum atomic E-state index is -2.59. The second kappa shape index (κ2) is 5.72. The summed E-state index contributed by atoms with van der Waals surface area (Å²) in [7, 11) is 6.05. The molecule has 7 heteroatoms. The van der Waals surface area contributed by atoms with Crippen molar-refractivity contribution in [3.63, 3.8) is 0 Å². The number of hydrogen-bond donors (Lipinski definition) is 1. The van der Waals surface area contributed by atoms with E-state index in [0.717, 1.165) is 12.8 Å². The Balaban J connectivity index is 2.89. The molecule has 0 aromatic rings. The van der Waals surface area contributed by atoms with Gasteiger partial charge in [0.1, 0.15) is 0 Å². The van der Waals surface area contributed by atoms with Crippen LogP contribution in [0.1, 0.15) is 26.7 Å². The molecule has 1 aliphatic rings. The van der Waals surface area contributed by atoms with Crippen LogP contribution in [0.5, 0.6) is 0 Å². The zero-order valence-corrected chi connectivity index (χ0v) is 13.9. The molecule has 90 valence electrons. The first-order valence-corrected chi connectivity index (χ1v) is 11.7. The zero-order chi connectivity index (χ0) is 12.6. The molecule has 0 aromatic carbocycles. The lowest BCUT2D eigenvalue weighted by Crippen LogP contribution is -2.30. The second-order valence-corrected chi connectivity index (χ2v) is 20.8. The molecule has 3 nitrogen and oxygen atoms in total. The molecule has 0 N–H and O–H groups in total. The SMILES string of the molecule is [3H]S(=P)(P)(I)C1C[C@@H](CC)O[C@@H]1OC(C)=O. The fraction of sp³-hybridized carbons (Fsp3) is 0.875. The van der Waals surface area contributed by atoms with Crippen LogP contribution in [-0.2, 0) is 20.2 Å². The van der Waals surface area contributed by atoms with Gasteiger partial charge < -0.3 is 9.47 Å². The number of carbonyl (C=O) groups excluding carboxylic acids is 1. The number of rotatable bonds is 3. The largest absolute Gasteiger partial charge is 0.435 e. The van der Waals surface area contributed by atoms with Gasteiger partial charge in [-0.25, -0.2) is 0 Å². The number of carbonyl (C=O) groups is 1. The van der Waals surface area contributed by atoms with Crippen LogP contribution < -0.4 is 0 Å². The molecule has 0 radical (unpaired) electrons. The van der Waals surface area contributed by atoms with E-state index in [2.05, 4.69) is 37.7 Å². The molecule has 0 aromatic heterocycles. The number of halogens is 1. The van der Waals surface area contributed by atoms with E-state index in [9.17, 15) is 4.79 Å². The summed E-state index contributed by atoms with van der Waals surface area (Å²) in [6.07, 6.45) is 1.08. The van der Waals surface area contributed by atoms with E-state index in [4.69, 9.17) is 10.6 Å². The highest BCUT2D eigenvalue weighted by atomic mass is 127. The molecular formula is C8H17IO3P2S. The third kappa shape index (κ3) is 4.19. The summed E-state index contributed by atoms with van der Waals surface area (Å²) in [6.45, 7) is 3.39. The van der Waals surface area contributed by atoms with Gasteiger partial charge in [-0.1, -0.05) is 23.4 Å². The maximum atomic E-state index is 11.0. The van der Waals surface area contributed by atoms with Crippen molar-refractivity contribution in [2.45, 2.75) is 44.3 Å². The van der Waals surface area contributed by atoms with Crippen molar-refractivity contribution in [3.05, 3.63) is 0 Å². The molecule has 0 saturated carbocycles. The van der Waals surface area contributed by atoms with Crippen LogP contribution in [0.3, 0.4) is 0 Å². The topological polar surface area (TPSA) is 35.5 Å². The number of esters is 1. The molecule has 2 unspecified atom stereocenters. The van der Waals surface area contributed by atoms with Crippen molar-refractivity contribution in [1.29, 1.82) is 1.12 Å². The van der Waals surface area contributed by atoms with E-state index >= 15 is 0 Å². The predicted molar refractivity (Wildman–Crippen MR) is 79.9 cm³/mol. The van der Waals surface area contributed by atoms with Gasteiger partial charge in [0, 0.05) is 6.92 Å². The third-order valence-corrected chi connectivity index (χ3v) is 7.52. The van der Waals surface area contributed by atoms with E-state index in [0.29, 0.717) is 0 Å². The van der Waals surface area contributed by atoms with Crippen molar-refractivity contribution in [2.75, 3.05) is 0 Å². The van der Waals surface area contributed by atoms with Gasteiger partial charge in [0.2, 0.25) is 6.29 Å². The van der Waals surface area contributed by atoms with Crippen LogP contribution in [0.4, 0.5) is 0 Å². The van der Waals surface area contributed by atoms with Gasteiger partial charge in [-0.05, 0) is 34.0 Å². The maximum absolute atomic E-state index is 11.0. The van der Waals surface area contributed by atoms with E-state index in [1.54, 1.807) is 0 Å². The molecule has 0 spiro atoms. The summed E-state index contributed by atoms with van der Waals surface area (Å²) in [5.41, 5.74) is 0. The number of ether oxygens (including phenoxy) is 2. The normalized spacial score (nSPS) is 35.3. The van der Waals surface area contributed by atoms with Gasteiger partial charge in [0.05, 0.1) is 12.5 Å². The molecule has 1 aliphatic heterocycles. The van der Waals surface area contributed by atoms with Gasteiger partial charge in [-0.2, -0.15) is 5.90 Å². The molecule has 0 amide bonds. The van der Waals surface area contributed by atoms with Gasteiger partial charge in [0.25, 0.3) is 0 Å². The van der Waals surface area contributed by atoms with Crippen molar-refractivity contribution < 1.29 is 14.3 Å². The Morgan fingerprint density at radius 1 is 1.93 bits per heavy atom. The van der Waals surface area contributed by atoms with E-state index in [1.807, 2.05) is 6.92 Å². The molecule has 1 rings (SSSR count). The van der Waals surface area contributed by atoms with Crippen LogP contribution in [-0.4, -0.2) is 24.7 Å². The Morgan fingerprint density at radius 3 is 2.93 bits per heavy atom. The fourth-order valence-corrected chi connectivity index (χ4v) is 5.16. The van der Waals surface area contributed by atoms with Crippen LogP contribution in [0.25, 0.3) is 0 Å². The Hall–Kier alpha value is 1.24. The highest BCUT2D eigenvalue weighted by molar-refractivity contribution is 14.2. The number of hydrogen-bond acceptors (Lipinski definition) is 3.